The molecule has 7 heteroatoms. The first kappa shape index (κ1) is 14.6. The molecule has 0 saturated carbocycles. The van der Waals surface area contributed by atoms with Crippen LogP contribution in [0, 0.1) is 0 Å². The number of ether oxygens (including phenoxy) is 1. The summed E-state index contributed by atoms with van der Waals surface area (Å²) in [5, 5.41) is 10.8. The van der Waals surface area contributed by atoms with Gasteiger partial charge in [-0.15, -0.1) is 0 Å². The average molecular weight is 322 g/mol. The fourth-order valence-electron chi connectivity index (χ4n) is 2.81. The van der Waals surface area contributed by atoms with Gasteiger partial charge in [0, 0.05) is 36.0 Å². The highest BCUT2D eigenvalue weighted by molar-refractivity contribution is 6.08. The highest BCUT2D eigenvalue weighted by Gasteiger charge is 2.11. The quantitative estimate of drug-likeness (QED) is 0.570. The number of hydrogen-bond acceptors (Lipinski definition) is 5. The van der Waals surface area contributed by atoms with Gasteiger partial charge in [0.1, 0.15) is 5.52 Å². The normalized spacial score (nSPS) is 11.5. The first-order valence-corrected chi connectivity index (χ1v) is 7.90. The molecule has 2 N–H and O–H groups in total. The summed E-state index contributed by atoms with van der Waals surface area (Å²) in [6, 6.07) is 7.92. The van der Waals surface area contributed by atoms with E-state index in [2.05, 4.69) is 15.2 Å². The second kappa shape index (κ2) is 5.93. The fraction of sp³-hybridized carbons (Fsp3) is 0.235. The minimum atomic E-state index is 0.435. The number of anilines is 1. The standard InChI is InChI=1S/C17H18N6O/c1-2-24-9-8-22-11-14-13-5-4-12(23-7-3-6-19-23)10-15(13)20-17(18)16(14)21-22/h3-7,10-11H,2,8-9H2,1H3,(H2,18,20). The highest BCUT2D eigenvalue weighted by Crippen LogP contribution is 2.28. The van der Waals surface area contributed by atoms with Crippen LogP contribution >= 0.6 is 0 Å². The lowest BCUT2D eigenvalue weighted by Gasteiger charge is -2.05. The van der Waals surface area contributed by atoms with E-state index in [1.165, 1.54) is 0 Å². The van der Waals surface area contributed by atoms with Crippen LogP contribution in [0.25, 0.3) is 27.5 Å². The molecule has 122 valence electrons. The molecular weight excluding hydrogens is 304 g/mol. The smallest absolute Gasteiger partial charge is 0.152 e. The molecule has 0 radical (unpaired) electrons. The van der Waals surface area contributed by atoms with Crippen LogP contribution in [-0.4, -0.2) is 37.8 Å². The Hall–Kier alpha value is -2.93. The van der Waals surface area contributed by atoms with Gasteiger partial charge in [-0.3, -0.25) is 4.68 Å². The minimum absolute atomic E-state index is 0.435. The van der Waals surface area contributed by atoms with Gasteiger partial charge < -0.3 is 10.5 Å². The Labute approximate surface area is 138 Å². The van der Waals surface area contributed by atoms with E-state index in [0.29, 0.717) is 25.6 Å². The maximum Gasteiger partial charge on any atom is 0.152 e. The molecule has 24 heavy (non-hydrogen) atoms. The van der Waals surface area contributed by atoms with Crippen molar-refractivity contribution in [3.63, 3.8) is 0 Å². The molecule has 7 nitrogen and oxygen atoms in total. The van der Waals surface area contributed by atoms with E-state index >= 15 is 0 Å². The Morgan fingerprint density at radius 3 is 2.96 bits per heavy atom. The summed E-state index contributed by atoms with van der Waals surface area (Å²) in [6.45, 7) is 3.99. The van der Waals surface area contributed by atoms with Crippen LogP contribution < -0.4 is 5.73 Å². The molecule has 0 aliphatic heterocycles. The molecule has 3 heterocycles. The lowest BCUT2D eigenvalue weighted by atomic mass is 10.1. The number of fused-ring (bicyclic) bond motifs is 3. The van der Waals surface area contributed by atoms with E-state index in [1.807, 2.05) is 48.3 Å². The molecule has 0 fully saturated rings. The van der Waals surface area contributed by atoms with Crippen molar-refractivity contribution in [1.29, 1.82) is 0 Å². The summed E-state index contributed by atoms with van der Waals surface area (Å²) in [7, 11) is 0. The number of nitrogen functional groups attached to an aromatic ring is 1. The molecule has 0 spiro atoms. The lowest BCUT2D eigenvalue weighted by molar-refractivity contribution is 0.136. The third-order valence-electron chi connectivity index (χ3n) is 3.95. The van der Waals surface area contributed by atoms with Gasteiger partial charge in [0.15, 0.2) is 5.82 Å². The highest BCUT2D eigenvalue weighted by atomic mass is 16.5. The lowest BCUT2D eigenvalue weighted by Crippen LogP contribution is -2.06. The molecule has 0 unspecified atom stereocenters. The van der Waals surface area contributed by atoms with Crippen LogP contribution in [0.15, 0.2) is 42.9 Å². The number of benzene rings is 1. The molecule has 0 saturated heterocycles. The van der Waals surface area contributed by atoms with E-state index in [1.54, 1.807) is 10.9 Å². The van der Waals surface area contributed by atoms with Gasteiger partial charge in [0.2, 0.25) is 0 Å². The van der Waals surface area contributed by atoms with E-state index < -0.39 is 0 Å². The monoisotopic (exact) mass is 322 g/mol. The van der Waals surface area contributed by atoms with Crippen molar-refractivity contribution in [2.45, 2.75) is 13.5 Å². The number of rotatable bonds is 5. The molecule has 1 aromatic carbocycles. The van der Waals surface area contributed by atoms with Crippen molar-refractivity contribution in [3.8, 4) is 5.69 Å². The summed E-state index contributed by atoms with van der Waals surface area (Å²) in [5.74, 6) is 0.435. The van der Waals surface area contributed by atoms with E-state index in [4.69, 9.17) is 10.5 Å². The zero-order valence-corrected chi connectivity index (χ0v) is 13.4. The predicted molar refractivity (Wildman–Crippen MR) is 93.1 cm³/mol. The van der Waals surface area contributed by atoms with Crippen molar-refractivity contribution in [2.75, 3.05) is 18.9 Å². The third kappa shape index (κ3) is 2.48. The Morgan fingerprint density at radius 1 is 1.25 bits per heavy atom. The summed E-state index contributed by atoms with van der Waals surface area (Å²) < 4.78 is 9.05. The van der Waals surface area contributed by atoms with Crippen LogP contribution in [-0.2, 0) is 11.3 Å². The summed E-state index contributed by atoms with van der Waals surface area (Å²) >= 11 is 0. The molecule has 0 atom stereocenters. The Morgan fingerprint density at radius 2 is 2.17 bits per heavy atom. The predicted octanol–water partition coefficient (Wildman–Crippen LogP) is 2.39. The average Bonchev–Trinajstić information content (AvgIpc) is 3.25. The molecule has 0 amide bonds. The van der Waals surface area contributed by atoms with Crippen LogP contribution in [0.1, 0.15) is 6.92 Å². The maximum atomic E-state index is 6.12. The molecule has 0 aliphatic carbocycles. The van der Waals surface area contributed by atoms with Crippen LogP contribution in [0.2, 0.25) is 0 Å². The second-order valence-corrected chi connectivity index (χ2v) is 5.50. The van der Waals surface area contributed by atoms with Crippen molar-refractivity contribution in [1.82, 2.24) is 24.5 Å². The molecule has 3 aromatic heterocycles. The molecular formula is C17H18N6O. The largest absolute Gasteiger partial charge is 0.382 e. The van der Waals surface area contributed by atoms with Crippen LogP contribution in [0.5, 0.6) is 0 Å². The first-order chi connectivity index (χ1) is 11.8. The Balaban J connectivity index is 1.81. The van der Waals surface area contributed by atoms with Crippen molar-refractivity contribution >= 4 is 27.6 Å². The van der Waals surface area contributed by atoms with Crippen molar-refractivity contribution in [3.05, 3.63) is 42.9 Å². The number of aromatic nitrogens is 5. The summed E-state index contributed by atoms with van der Waals surface area (Å²) in [6.07, 6.45) is 5.65. The second-order valence-electron chi connectivity index (χ2n) is 5.50. The van der Waals surface area contributed by atoms with E-state index in [9.17, 15) is 0 Å². The first-order valence-electron chi connectivity index (χ1n) is 7.90. The molecule has 4 aromatic rings. The summed E-state index contributed by atoms with van der Waals surface area (Å²) in [5.41, 5.74) is 8.62. The van der Waals surface area contributed by atoms with E-state index in [0.717, 1.165) is 27.5 Å². The number of pyridine rings is 1. The van der Waals surface area contributed by atoms with Gasteiger partial charge >= 0.3 is 0 Å². The van der Waals surface area contributed by atoms with Crippen LogP contribution in [0.4, 0.5) is 5.82 Å². The van der Waals surface area contributed by atoms with Crippen molar-refractivity contribution < 1.29 is 4.74 Å². The molecule has 4 rings (SSSR count). The number of hydrogen-bond donors (Lipinski definition) is 1. The molecule has 0 aliphatic rings. The van der Waals surface area contributed by atoms with E-state index in [-0.39, 0.29) is 0 Å². The zero-order valence-electron chi connectivity index (χ0n) is 13.4. The minimum Gasteiger partial charge on any atom is -0.382 e. The number of nitrogens with two attached hydrogens (primary N) is 1. The van der Waals surface area contributed by atoms with Gasteiger partial charge in [0.05, 0.1) is 24.4 Å². The Kier molecular flexibility index (Phi) is 3.62. The van der Waals surface area contributed by atoms with Gasteiger partial charge in [-0.2, -0.15) is 10.2 Å². The molecule has 0 bridgehead atoms. The van der Waals surface area contributed by atoms with Crippen LogP contribution in [0.3, 0.4) is 0 Å². The van der Waals surface area contributed by atoms with Gasteiger partial charge in [-0.25, -0.2) is 9.67 Å². The maximum absolute atomic E-state index is 6.12. The SMILES string of the molecule is CCOCCn1cc2c(n1)c(N)nc1cc(-n3cccn3)ccc12. The number of nitrogens with zero attached hydrogens (tertiary/aromatic N) is 5. The fourth-order valence-corrected chi connectivity index (χ4v) is 2.81. The topological polar surface area (TPSA) is 83.8 Å². The van der Waals surface area contributed by atoms with Gasteiger partial charge in [-0.05, 0) is 31.2 Å². The zero-order chi connectivity index (χ0) is 16.5. The van der Waals surface area contributed by atoms with Gasteiger partial charge in [0.25, 0.3) is 0 Å². The third-order valence-corrected chi connectivity index (χ3v) is 3.95. The summed E-state index contributed by atoms with van der Waals surface area (Å²) in [4.78, 5) is 4.51. The van der Waals surface area contributed by atoms with Crippen molar-refractivity contribution in [2.24, 2.45) is 0 Å². The van der Waals surface area contributed by atoms with Gasteiger partial charge in [-0.1, -0.05) is 0 Å². The Bertz CT molecular complexity index is 989.